The number of carbonyl (C=O) groups is 2. The molecular formula is C23H22N4O4S. The van der Waals surface area contributed by atoms with E-state index >= 15 is 0 Å². The minimum absolute atomic E-state index is 0.0184. The van der Waals surface area contributed by atoms with Gasteiger partial charge in [0.25, 0.3) is 5.91 Å². The highest BCUT2D eigenvalue weighted by molar-refractivity contribution is 7.89. The quantitative estimate of drug-likeness (QED) is 0.435. The molecule has 0 bridgehead atoms. The molecule has 164 valence electrons. The molecule has 3 aromatic rings. The Morgan fingerprint density at radius 3 is 1.78 bits per heavy atom. The highest BCUT2D eigenvalue weighted by Crippen LogP contribution is 2.22. The van der Waals surface area contributed by atoms with Gasteiger partial charge in [-0.2, -0.15) is 0 Å². The van der Waals surface area contributed by atoms with E-state index in [0.717, 1.165) is 12.8 Å². The van der Waals surface area contributed by atoms with Crippen LogP contribution in [0.5, 0.6) is 0 Å². The van der Waals surface area contributed by atoms with Gasteiger partial charge in [0.1, 0.15) is 0 Å². The SMILES string of the molecule is O=C(Nc1ccccc1)Nc1ccc(NC(=O)c2ccc(S(=O)(=O)NC3CC3)cc2)cc1. The zero-order valence-corrected chi connectivity index (χ0v) is 17.9. The maximum Gasteiger partial charge on any atom is 0.323 e. The van der Waals surface area contributed by atoms with Crippen LogP contribution in [0.4, 0.5) is 21.9 Å². The first-order valence-electron chi connectivity index (χ1n) is 10.1. The van der Waals surface area contributed by atoms with Crippen LogP contribution >= 0.6 is 0 Å². The second-order valence-electron chi connectivity index (χ2n) is 7.40. The first-order valence-corrected chi connectivity index (χ1v) is 11.5. The lowest BCUT2D eigenvalue weighted by atomic mass is 10.2. The molecule has 3 amide bonds. The van der Waals surface area contributed by atoms with Crippen molar-refractivity contribution in [2.75, 3.05) is 16.0 Å². The van der Waals surface area contributed by atoms with Crippen molar-refractivity contribution in [2.24, 2.45) is 0 Å². The second-order valence-corrected chi connectivity index (χ2v) is 9.11. The maximum absolute atomic E-state index is 12.5. The molecule has 32 heavy (non-hydrogen) atoms. The molecule has 0 aromatic heterocycles. The van der Waals surface area contributed by atoms with Crippen molar-refractivity contribution >= 4 is 39.0 Å². The molecule has 0 unspecified atom stereocenters. The van der Waals surface area contributed by atoms with E-state index in [2.05, 4.69) is 20.7 Å². The number of sulfonamides is 1. The molecule has 1 fully saturated rings. The van der Waals surface area contributed by atoms with Gasteiger partial charge in [0.05, 0.1) is 4.90 Å². The number of hydrogen-bond acceptors (Lipinski definition) is 4. The summed E-state index contributed by atoms with van der Waals surface area (Å²) in [6.07, 6.45) is 1.71. The molecule has 8 nitrogen and oxygen atoms in total. The zero-order valence-electron chi connectivity index (χ0n) is 17.0. The van der Waals surface area contributed by atoms with Gasteiger partial charge in [-0.3, -0.25) is 4.79 Å². The molecule has 0 saturated heterocycles. The number of amides is 3. The Balaban J connectivity index is 1.32. The minimum Gasteiger partial charge on any atom is -0.322 e. The van der Waals surface area contributed by atoms with Gasteiger partial charge in [-0.15, -0.1) is 0 Å². The van der Waals surface area contributed by atoms with Crippen LogP contribution in [0, 0.1) is 0 Å². The fourth-order valence-electron chi connectivity index (χ4n) is 2.93. The second kappa shape index (κ2) is 9.21. The summed E-state index contributed by atoms with van der Waals surface area (Å²) in [7, 11) is -3.55. The van der Waals surface area contributed by atoms with Gasteiger partial charge < -0.3 is 16.0 Å². The Labute approximate surface area is 186 Å². The lowest BCUT2D eigenvalue weighted by Crippen LogP contribution is -2.25. The Bertz CT molecular complexity index is 1210. The van der Waals surface area contributed by atoms with E-state index in [9.17, 15) is 18.0 Å². The van der Waals surface area contributed by atoms with E-state index in [1.54, 1.807) is 36.4 Å². The first kappa shape index (κ1) is 21.5. The van der Waals surface area contributed by atoms with E-state index in [0.29, 0.717) is 22.6 Å². The van der Waals surface area contributed by atoms with Gasteiger partial charge >= 0.3 is 6.03 Å². The fourth-order valence-corrected chi connectivity index (χ4v) is 4.23. The molecule has 4 rings (SSSR count). The van der Waals surface area contributed by atoms with Crippen molar-refractivity contribution < 1.29 is 18.0 Å². The van der Waals surface area contributed by atoms with Crippen molar-refractivity contribution in [1.82, 2.24) is 4.72 Å². The van der Waals surface area contributed by atoms with Crippen molar-refractivity contribution in [3.63, 3.8) is 0 Å². The molecule has 0 atom stereocenters. The molecule has 3 aromatic carbocycles. The average molecular weight is 451 g/mol. The lowest BCUT2D eigenvalue weighted by Gasteiger charge is -2.10. The molecule has 1 aliphatic rings. The number of benzene rings is 3. The largest absolute Gasteiger partial charge is 0.323 e. The number of anilines is 3. The molecule has 0 heterocycles. The normalized spacial score (nSPS) is 13.2. The number of nitrogens with one attached hydrogen (secondary N) is 4. The molecule has 4 N–H and O–H groups in total. The lowest BCUT2D eigenvalue weighted by molar-refractivity contribution is 0.102. The molecule has 0 aliphatic heterocycles. The predicted octanol–water partition coefficient (Wildman–Crippen LogP) is 4.02. The van der Waals surface area contributed by atoms with Gasteiger partial charge in [-0.05, 0) is 73.5 Å². The van der Waals surface area contributed by atoms with Crippen molar-refractivity contribution in [1.29, 1.82) is 0 Å². The zero-order chi connectivity index (χ0) is 22.6. The van der Waals surface area contributed by atoms with Gasteiger partial charge in [-0.1, -0.05) is 18.2 Å². The number of hydrogen-bond donors (Lipinski definition) is 4. The number of para-hydroxylation sites is 1. The summed E-state index contributed by atoms with van der Waals surface area (Å²) in [4.78, 5) is 24.7. The summed E-state index contributed by atoms with van der Waals surface area (Å²) in [6.45, 7) is 0. The van der Waals surface area contributed by atoms with Crippen molar-refractivity contribution in [2.45, 2.75) is 23.8 Å². The van der Waals surface area contributed by atoms with Crippen LogP contribution in [0.2, 0.25) is 0 Å². The third-order valence-corrected chi connectivity index (χ3v) is 6.29. The maximum atomic E-state index is 12.5. The van der Waals surface area contributed by atoms with Crippen LogP contribution in [0.25, 0.3) is 0 Å². The van der Waals surface area contributed by atoms with E-state index in [4.69, 9.17) is 0 Å². The number of rotatable bonds is 7. The summed E-state index contributed by atoms with van der Waals surface area (Å²) >= 11 is 0. The van der Waals surface area contributed by atoms with E-state index < -0.39 is 10.0 Å². The van der Waals surface area contributed by atoms with Crippen LogP contribution in [0.15, 0.2) is 83.8 Å². The van der Waals surface area contributed by atoms with Crippen molar-refractivity contribution in [3.05, 3.63) is 84.4 Å². The third-order valence-electron chi connectivity index (χ3n) is 4.76. The van der Waals surface area contributed by atoms with Crippen molar-refractivity contribution in [3.8, 4) is 0 Å². The van der Waals surface area contributed by atoms with Crippen LogP contribution in [-0.2, 0) is 10.0 Å². The summed E-state index contributed by atoms with van der Waals surface area (Å²) < 4.78 is 27.0. The molecule has 0 radical (unpaired) electrons. The number of carbonyl (C=O) groups excluding carboxylic acids is 2. The minimum atomic E-state index is -3.55. The molecule has 1 saturated carbocycles. The topological polar surface area (TPSA) is 116 Å². The average Bonchev–Trinajstić information content (AvgIpc) is 3.59. The molecule has 9 heteroatoms. The Morgan fingerprint density at radius 1 is 0.688 bits per heavy atom. The van der Waals surface area contributed by atoms with Crippen LogP contribution in [0.1, 0.15) is 23.2 Å². The fraction of sp³-hybridized carbons (Fsp3) is 0.130. The molecule has 0 spiro atoms. The summed E-state index contributed by atoms with van der Waals surface area (Å²) in [5.41, 5.74) is 2.11. The van der Waals surface area contributed by atoms with E-state index in [1.165, 1.54) is 24.3 Å². The summed E-state index contributed by atoms with van der Waals surface area (Å²) in [5, 5.41) is 8.18. The Kier molecular flexibility index (Phi) is 6.20. The highest BCUT2D eigenvalue weighted by atomic mass is 32.2. The first-order chi connectivity index (χ1) is 15.4. The van der Waals surface area contributed by atoms with Crippen LogP contribution in [0.3, 0.4) is 0 Å². The van der Waals surface area contributed by atoms with Crippen LogP contribution < -0.4 is 20.7 Å². The number of urea groups is 1. The van der Waals surface area contributed by atoms with E-state index in [-0.39, 0.29) is 22.9 Å². The van der Waals surface area contributed by atoms with Gasteiger partial charge in [-0.25, -0.2) is 17.9 Å². The van der Waals surface area contributed by atoms with Gasteiger partial charge in [0, 0.05) is 28.7 Å². The highest BCUT2D eigenvalue weighted by Gasteiger charge is 2.27. The summed E-state index contributed by atoms with van der Waals surface area (Å²) in [5.74, 6) is -0.369. The van der Waals surface area contributed by atoms with E-state index in [1.807, 2.05) is 18.2 Å². The monoisotopic (exact) mass is 450 g/mol. The van der Waals surface area contributed by atoms with Gasteiger partial charge in [0.2, 0.25) is 10.0 Å². The molecule has 1 aliphatic carbocycles. The Hall–Kier alpha value is -3.69. The predicted molar refractivity (Wildman–Crippen MR) is 123 cm³/mol. The standard InChI is InChI=1S/C23H22N4O4S/c28-22(16-6-14-21(15-7-16)32(30,31)27-20-12-13-20)24-18-8-10-19(11-9-18)26-23(29)25-17-4-2-1-3-5-17/h1-11,14-15,20,27H,12-13H2,(H,24,28)(H2,25,26,29). The third kappa shape index (κ3) is 5.71. The summed E-state index contributed by atoms with van der Waals surface area (Å²) in [6, 6.07) is 21.1. The smallest absolute Gasteiger partial charge is 0.322 e. The Morgan fingerprint density at radius 2 is 1.22 bits per heavy atom. The van der Waals surface area contributed by atoms with Gasteiger partial charge in [0.15, 0.2) is 0 Å². The van der Waals surface area contributed by atoms with Crippen LogP contribution in [-0.4, -0.2) is 26.4 Å². The molecular weight excluding hydrogens is 428 g/mol.